The van der Waals surface area contributed by atoms with Crippen LogP contribution < -0.4 is 15.1 Å². The van der Waals surface area contributed by atoms with Gasteiger partial charge in [-0.3, -0.25) is 0 Å². The van der Waals surface area contributed by atoms with Crippen molar-refractivity contribution < 1.29 is 27.1 Å². The molecule has 0 N–H and O–H groups in total. The van der Waals surface area contributed by atoms with Crippen LogP contribution in [0.2, 0.25) is 0 Å². The van der Waals surface area contributed by atoms with Gasteiger partial charge in [-0.25, -0.2) is 4.79 Å². The van der Waals surface area contributed by atoms with E-state index in [1.54, 1.807) is 18.2 Å². The molecule has 0 aliphatic heterocycles. The van der Waals surface area contributed by atoms with E-state index in [4.69, 9.17) is 13.9 Å². The lowest BCUT2D eigenvalue weighted by Crippen LogP contribution is -2.08. The third-order valence-corrected chi connectivity index (χ3v) is 8.53. The molecule has 0 spiro atoms. The summed E-state index contributed by atoms with van der Waals surface area (Å²) in [5.41, 5.74) is 0.602. The van der Waals surface area contributed by atoms with E-state index in [1.165, 1.54) is 96.3 Å². The molecule has 0 aliphatic carbocycles. The quantitative estimate of drug-likeness (QED) is 0.0759. The lowest BCUT2D eigenvalue weighted by atomic mass is 9.92. The highest BCUT2D eigenvalue weighted by Crippen LogP contribution is 2.42. The zero-order valence-electron chi connectivity index (χ0n) is 27.2. The minimum Gasteiger partial charge on any atom is -0.497 e. The molecule has 0 saturated carbocycles. The average molecular weight is 637 g/mol. The number of para-hydroxylation sites is 1. The van der Waals surface area contributed by atoms with Gasteiger partial charge in [0.2, 0.25) is 0 Å². The van der Waals surface area contributed by atoms with Crippen molar-refractivity contribution in [3.8, 4) is 33.8 Å². The smallest absolute Gasteiger partial charge is 0.416 e. The molecular formula is C39H47F3O4. The number of rotatable bonds is 19. The van der Waals surface area contributed by atoms with Gasteiger partial charge in [-0.1, -0.05) is 121 Å². The summed E-state index contributed by atoms with van der Waals surface area (Å²) in [4.78, 5) is 13.5. The minimum absolute atomic E-state index is 0.180. The molecule has 0 bridgehead atoms. The van der Waals surface area contributed by atoms with Crippen LogP contribution in [0.3, 0.4) is 0 Å². The molecule has 4 aromatic rings. The number of methoxy groups -OCH3 is 1. The normalized spacial score (nSPS) is 11.7. The maximum absolute atomic E-state index is 13.5. The number of alkyl halides is 3. The van der Waals surface area contributed by atoms with Gasteiger partial charge in [-0.15, -0.1) is 0 Å². The maximum Gasteiger partial charge on any atom is 0.416 e. The van der Waals surface area contributed by atoms with Crippen molar-refractivity contribution in [1.82, 2.24) is 0 Å². The first-order valence-corrected chi connectivity index (χ1v) is 16.9. The lowest BCUT2D eigenvalue weighted by molar-refractivity contribution is -0.137. The molecule has 4 rings (SSSR count). The van der Waals surface area contributed by atoms with Crippen LogP contribution in [0.1, 0.15) is 102 Å². The number of benzene rings is 3. The van der Waals surface area contributed by atoms with Crippen molar-refractivity contribution in [2.75, 3.05) is 13.7 Å². The van der Waals surface area contributed by atoms with Crippen molar-refractivity contribution in [1.29, 1.82) is 0 Å². The molecule has 46 heavy (non-hydrogen) atoms. The highest BCUT2D eigenvalue weighted by atomic mass is 19.4. The van der Waals surface area contributed by atoms with Crippen molar-refractivity contribution in [3.05, 3.63) is 82.7 Å². The predicted molar refractivity (Wildman–Crippen MR) is 181 cm³/mol. The molecule has 0 fully saturated rings. The second-order valence-electron chi connectivity index (χ2n) is 12.0. The highest BCUT2D eigenvalue weighted by Gasteiger charge is 2.30. The monoisotopic (exact) mass is 636 g/mol. The second kappa shape index (κ2) is 17.8. The average Bonchev–Trinajstić information content (AvgIpc) is 3.05. The molecule has 0 saturated heterocycles. The summed E-state index contributed by atoms with van der Waals surface area (Å²) < 4.78 is 57.2. The molecule has 0 aliphatic rings. The second-order valence-corrected chi connectivity index (χ2v) is 12.0. The van der Waals surface area contributed by atoms with Gasteiger partial charge >= 0.3 is 11.8 Å². The van der Waals surface area contributed by atoms with E-state index >= 15 is 0 Å². The first kappa shape index (κ1) is 35.1. The van der Waals surface area contributed by atoms with Crippen LogP contribution in [-0.4, -0.2) is 13.7 Å². The number of hydrogen-bond acceptors (Lipinski definition) is 4. The van der Waals surface area contributed by atoms with Crippen LogP contribution in [0.25, 0.3) is 33.2 Å². The Hall–Kier alpha value is -3.74. The van der Waals surface area contributed by atoms with E-state index in [-0.39, 0.29) is 5.56 Å². The number of unbranched alkanes of at least 4 members (excludes halogenated alkanes) is 13. The van der Waals surface area contributed by atoms with Crippen LogP contribution in [-0.2, 0) is 6.18 Å². The molecular weight excluding hydrogens is 589 g/mol. The van der Waals surface area contributed by atoms with E-state index < -0.39 is 17.4 Å². The molecule has 248 valence electrons. The zero-order chi connectivity index (χ0) is 32.8. The van der Waals surface area contributed by atoms with Crippen molar-refractivity contribution in [2.24, 2.45) is 0 Å². The Labute approximate surface area is 270 Å². The maximum atomic E-state index is 13.5. The van der Waals surface area contributed by atoms with Gasteiger partial charge in [-0.2, -0.15) is 13.2 Å². The van der Waals surface area contributed by atoms with Gasteiger partial charge in [0.15, 0.2) is 0 Å². The molecule has 0 atom stereocenters. The molecule has 3 aromatic carbocycles. The molecule has 0 radical (unpaired) electrons. The number of hydrogen-bond donors (Lipinski definition) is 0. The Morgan fingerprint density at radius 1 is 0.696 bits per heavy atom. The SMILES string of the molecule is CCCCCCCCCCCCCCCCOc1ccccc1-c1c(-c2ccc(C(F)(F)F)cc2)c(=O)oc2cc(OC)ccc12. The van der Waals surface area contributed by atoms with Crippen LogP contribution >= 0.6 is 0 Å². The topological polar surface area (TPSA) is 48.7 Å². The van der Waals surface area contributed by atoms with Gasteiger partial charge in [0.1, 0.15) is 17.1 Å². The Bertz CT molecular complexity index is 1560. The van der Waals surface area contributed by atoms with Crippen LogP contribution in [0.15, 0.2) is 75.9 Å². The first-order chi connectivity index (χ1) is 22.3. The summed E-state index contributed by atoms with van der Waals surface area (Å²) >= 11 is 0. The van der Waals surface area contributed by atoms with Crippen LogP contribution in [0.4, 0.5) is 13.2 Å². The van der Waals surface area contributed by atoms with E-state index in [0.29, 0.717) is 45.8 Å². The van der Waals surface area contributed by atoms with E-state index in [9.17, 15) is 18.0 Å². The third kappa shape index (κ3) is 9.88. The molecule has 0 unspecified atom stereocenters. The molecule has 4 nitrogen and oxygen atoms in total. The lowest BCUT2D eigenvalue weighted by Gasteiger charge is -2.17. The van der Waals surface area contributed by atoms with E-state index in [2.05, 4.69) is 6.92 Å². The van der Waals surface area contributed by atoms with Gasteiger partial charge in [0.25, 0.3) is 0 Å². The number of ether oxygens (including phenoxy) is 2. The van der Waals surface area contributed by atoms with Gasteiger partial charge < -0.3 is 13.9 Å². The summed E-state index contributed by atoms with van der Waals surface area (Å²) in [6.45, 7) is 2.78. The Balaban J connectivity index is 1.42. The number of fused-ring (bicyclic) bond motifs is 1. The summed E-state index contributed by atoms with van der Waals surface area (Å²) in [6, 6.07) is 17.2. The van der Waals surface area contributed by atoms with E-state index in [0.717, 1.165) is 25.0 Å². The fourth-order valence-corrected chi connectivity index (χ4v) is 5.95. The zero-order valence-corrected chi connectivity index (χ0v) is 27.2. The van der Waals surface area contributed by atoms with Gasteiger partial charge in [0.05, 0.1) is 24.8 Å². The third-order valence-electron chi connectivity index (χ3n) is 8.53. The summed E-state index contributed by atoms with van der Waals surface area (Å²) in [5, 5.41) is 0.628. The van der Waals surface area contributed by atoms with Crippen molar-refractivity contribution in [2.45, 2.75) is 103 Å². The molecule has 0 amide bonds. The van der Waals surface area contributed by atoms with E-state index in [1.807, 2.05) is 24.3 Å². The Morgan fingerprint density at radius 3 is 1.87 bits per heavy atom. The van der Waals surface area contributed by atoms with Crippen molar-refractivity contribution in [3.63, 3.8) is 0 Å². The molecule has 1 aromatic heterocycles. The highest BCUT2D eigenvalue weighted by molar-refractivity contribution is 6.02. The molecule has 1 heterocycles. The van der Waals surface area contributed by atoms with Crippen LogP contribution in [0, 0.1) is 0 Å². The van der Waals surface area contributed by atoms with Crippen LogP contribution in [0.5, 0.6) is 11.5 Å². The fourth-order valence-electron chi connectivity index (χ4n) is 5.95. The van der Waals surface area contributed by atoms with Gasteiger partial charge in [-0.05, 0) is 42.3 Å². The Kier molecular flexibility index (Phi) is 13.6. The summed E-state index contributed by atoms with van der Waals surface area (Å²) in [5.74, 6) is 1.12. The Morgan fingerprint density at radius 2 is 1.28 bits per heavy atom. The predicted octanol–water partition coefficient (Wildman–Crippen LogP) is 12.0. The summed E-state index contributed by atoms with van der Waals surface area (Å²) in [6.07, 6.45) is 13.4. The number of halogens is 3. The fraction of sp³-hybridized carbons (Fsp3) is 0.462. The first-order valence-electron chi connectivity index (χ1n) is 16.9. The summed E-state index contributed by atoms with van der Waals surface area (Å²) in [7, 11) is 1.52. The minimum atomic E-state index is -4.49. The largest absolute Gasteiger partial charge is 0.497 e. The van der Waals surface area contributed by atoms with Gasteiger partial charge in [0, 0.05) is 22.6 Å². The standard InChI is InChI=1S/C39H47F3O4/c1-3-4-5-6-7-8-9-10-11-12-13-14-15-18-27-45-34-20-17-16-19-32(34)37-33-26-25-31(44-2)28-35(33)46-38(43)36(37)29-21-23-30(24-22-29)39(40,41)42/h16-17,19-26,28H,3-15,18,27H2,1-2H3. The van der Waals surface area contributed by atoms with Crippen molar-refractivity contribution >= 4 is 11.0 Å². The molecule has 7 heteroatoms.